The molecule has 2 amide bonds. The summed E-state index contributed by atoms with van der Waals surface area (Å²) in [5, 5.41) is 0.469. The molecule has 0 saturated carbocycles. The third kappa shape index (κ3) is 4.25. The molecule has 2 aliphatic rings. The van der Waals surface area contributed by atoms with Gasteiger partial charge in [0.05, 0.1) is 12.7 Å². The van der Waals surface area contributed by atoms with Crippen LogP contribution in [0.3, 0.4) is 0 Å². The SMILES string of the molecule is COc1c(C(=O)N2CCC3(CC2)CN(C(=O)C(=O)c2ccc(Cl)cc2)c2ccccc23)ccc(F)c1F. The first-order chi connectivity index (χ1) is 17.8. The molecule has 0 aromatic heterocycles. The molecular weight excluding hydrogens is 502 g/mol. The number of nitrogens with zero attached hydrogens (tertiary/aromatic N) is 2. The van der Waals surface area contributed by atoms with Gasteiger partial charge in [-0.05, 0) is 60.9 Å². The van der Waals surface area contributed by atoms with E-state index in [4.69, 9.17) is 16.3 Å². The average Bonchev–Trinajstić information content (AvgIpc) is 3.23. The number of ether oxygens (including phenoxy) is 1. The van der Waals surface area contributed by atoms with E-state index in [0.717, 1.165) is 11.6 Å². The van der Waals surface area contributed by atoms with E-state index in [1.807, 2.05) is 24.3 Å². The smallest absolute Gasteiger partial charge is 0.299 e. The normalized spacial score (nSPS) is 16.0. The average molecular weight is 525 g/mol. The second-order valence-electron chi connectivity index (χ2n) is 9.26. The largest absolute Gasteiger partial charge is 0.493 e. The Morgan fingerprint density at radius 1 is 0.946 bits per heavy atom. The summed E-state index contributed by atoms with van der Waals surface area (Å²) in [6, 6.07) is 15.8. The molecule has 0 unspecified atom stereocenters. The number of methoxy groups -OCH3 is 1. The van der Waals surface area contributed by atoms with Crippen LogP contribution in [0, 0.1) is 11.6 Å². The Balaban J connectivity index is 1.37. The highest BCUT2D eigenvalue weighted by Crippen LogP contribution is 2.47. The van der Waals surface area contributed by atoms with Crippen molar-refractivity contribution >= 4 is 34.9 Å². The molecule has 6 nitrogen and oxygen atoms in total. The van der Waals surface area contributed by atoms with Crippen LogP contribution in [-0.2, 0) is 10.2 Å². The van der Waals surface area contributed by atoms with E-state index in [1.54, 1.807) is 17.0 Å². The van der Waals surface area contributed by atoms with Crippen molar-refractivity contribution in [3.63, 3.8) is 0 Å². The maximum Gasteiger partial charge on any atom is 0.299 e. The summed E-state index contributed by atoms with van der Waals surface area (Å²) in [5.74, 6) is -4.42. The van der Waals surface area contributed by atoms with E-state index in [-0.39, 0.29) is 11.1 Å². The first-order valence-corrected chi connectivity index (χ1v) is 12.2. The van der Waals surface area contributed by atoms with Crippen LogP contribution in [0.5, 0.6) is 5.75 Å². The molecule has 0 N–H and O–H groups in total. The molecule has 5 rings (SSSR count). The van der Waals surface area contributed by atoms with Gasteiger partial charge in [0.15, 0.2) is 11.6 Å². The van der Waals surface area contributed by atoms with Crippen molar-refractivity contribution in [2.75, 3.05) is 31.6 Å². The van der Waals surface area contributed by atoms with E-state index in [0.29, 0.717) is 43.2 Å². The van der Waals surface area contributed by atoms with Gasteiger partial charge < -0.3 is 14.5 Å². The Morgan fingerprint density at radius 2 is 1.62 bits per heavy atom. The number of para-hydroxylation sites is 1. The van der Waals surface area contributed by atoms with Crippen molar-refractivity contribution in [3.05, 3.63) is 94.0 Å². The summed E-state index contributed by atoms with van der Waals surface area (Å²) >= 11 is 5.92. The van der Waals surface area contributed by atoms with Crippen LogP contribution in [-0.4, -0.2) is 49.2 Å². The third-order valence-corrected chi connectivity index (χ3v) is 7.52. The van der Waals surface area contributed by atoms with Gasteiger partial charge in [0.25, 0.3) is 17.6 Å². The molecule has 3 aromatic rings. The summed E-state index contributed by atoms with van der Waals surface area (Å²) < 4.78 is 32.8. The van der Waals surface area contributed by atoms with E-state index in [1.165, 1.54) is 30.2 Å². The van der Waals surface area contributed by atoms with Crippen LogP contribution in [0.15, 0.2) is 60.7 Å². The van der Waals surface area contributed by atoms with Crippen molar-refractivity contribution < 1.29 is 27.9 Å². The zero-order valence-corrected chi connectivity index (χ0v) is 20.7. The lowest BCUT2D eigenvalue weighted by Gasteiger charge is -2.40. The van der Waals surface area contributed by atoms with Gasteiger partial charge in [-0.25, -0.2) is 4.39 Å². The van der Waals surface area contributed by atoms with Crippen molar-refractivity contribution in [3.8, 4) is 5.75 Å². The standard InChI is InChI=1S/C28H23ClF2N2O4/c1-37-25-19(10-11-21(30)23(25)31)26(35)32-14-12-28(13-15-32)16-33(22-5-3-2-4-20(22)28)27(36)24(34)17-6-8-18(29)9-7-17/h2-11H,12-16H2,1H3. The minimum absolute atomic E-state index is 0.0467. The van der Waals surface area contributed by atoms with Gasteiger partial charge in [0, 0.05) is 41.3 Å². The van der Waals surface area contributed by atoms with E-state index in [9.17, 15) is 23.2 Å². The molecule has 1 fully saturated rings. The molecule has 37 heavy (non-hydrogen) atoms. The fourth-order valence-corrected chi connectivity index (χ4v) is 5.42. The summed E-state index contributed by atoms with van der Waals surface area (Å²) in [4.78, 5) is 42.5. The first kappa shape index (κ1) is 24.9. The second kappa shape index (κ2) is 9.59. The Hall–Kier alpha value is -3.78. The number of fused-ring (bicyclic) bond motifs is 2. The predicted molar refractivity (Wildman–Crippen MR) is 134 cm³/mol. The van der Waals surface area contributed by atoms with Gasteiger partial charge in [-0.3, -0.25) is 14.4 Å². The molecule has 0 bridgehead atoms. The summed E-state index contributed by atoms with van der Waals surface area (Å²) in [5.41, 5.74) is 1.39. The Kier molecular flexibility index (Phi) is 6.45. The van der Waals surface area contributed by atoms with Crippen LogP contribution in [0.25, 0.3) is 0 Å². The first-order valence-electron chi connectivity index (χ1n) is 11.8. The maximum absolute atomic E-state index is 14.2. The summed E-state index contributed by atoms with van der Waals surface area (Å²) in [6.07, 6.45) is 1.06. The number of amides is 2. The highest BCUT2D eigenvalue weighted by atomic mass is 35.5. The fraction of sp³-hybridized carbons (Fsp3) is 0.250. The summed E-state index contributed by atoms with van der Waals surface area (Å²) in [6.45, 7) is 0.978. The van der Waals surface area contributed by atoms with Crippen molar-refractivity contribution in [2.45, 2.75) is 18.3 Å². The van der Waals surface area contributed by atoms with Gasteiger partial charge in [-0.2, -0.15) is 4.39 Å². The van der Waals surface area contributed by atoms with E-state index < -0.39 is 40.4 Å². The van der Waals surface area contributed by atoms with Gasteiger partial charge in [0.2, 0.25) is 5.82 Å². The molecule has 0 radical (unpaired) electrons. The molecule has 2 heterocycles. The lowest BCUT2D eigenvalue weighted by atomic mass is 9.74. The molecule has 0 atom stereocenters. The molecule has 190 valence electrons. The number of likely N-dealkylation sites (tertiary alicyclic amines) is 1. The molecule has 2 aliphatic heterocycles. The minimum atomic E-state index is -1.20. The summed E-state index contributed by atoms with van der Waals surface area (Å²) in [7, 11) is 1.19. The van der Waals surface area contributed by atoms with E-state index >= 15 is 0 Å². The molecule has 3 aromatic carbocycles. The van der Waals surface area contributed by atoms with Crippen LogP contribution in [0.1, 0.15) is 39.1 Å². The molecule has 1 spiro atoms. The number of piperidine rings is 1. The van der Waals surface area contributed by atoms with Crippen molar-refractivity contribution in [1.29, 1.82) is 0 Å². The van der Waals surface area contributed by atoms with Gasteiger partial charge in [-0.1, -0.05) is 29.8 Å². The zero-order chi connectivity index (χ0) is 26.3. The third-order valence-electron chi connectivity index (χ3n) is 7.27. The number of hydrogen-bond donors (Lipinski definition) is 0. The van der Waals surface area contributed by atoms with Crippen molar-refractivity contribution in [2.24, 2.45) is 0 Å². The monoisotopic (exact) mass is 524 g/mol. The number of carbonyl (C=O) groups excluding carboxylic acids is 3. The Morgan fingerprint density at radius 3 is 2.30 bits per heavy atom. The highest BCUT2D eigenvalue weighted by Gasteiger charge is 2.48. The minimum Gasteiger partial charge on any atom is -0.493 e. The second-order valence-corrected chi connectivity index (χ2v) is 9.70. The van der Waals surface area contributed by atoms with Crippen LogP contribution in [0.2, 0.25) is 5.02 Å². The number of ketones is 1. The van der Waals surface area contributed by atoms with Crippen LogP contribution >= 0.6 is 11.6 Å². The topological polar surface area (TPSA) is 66.9 Å². The van der Waals surface area contributed by atoms with Gasteiger partial charge >= 0.3 is 0 Å². The number of carbonyl (C=O) groups is 3. The highest BCUT2D eigenvalue weighted by molar-refractivity contribution is 6.47. The zero-order valence-electron chi connectivity index (χ0n) is 20.0. The molecule has 1 saturated heterocycles. The molecule has 0 aliphatic carbocycles. The molecule has 9 heteroatoms. The number of hydrogen-bond acceptors (Lipinski definition) is 4. The van der Waals surface area contributed by atoms with Crippen LogP contribution < -0.4 is 9.64 Å². The lowest BCUT2D eigenvalue weighted by molar-refractivity contribution is -0.114. The number of halogens is 3. The van der Waals surface area contributed by atoms with Crippen molar-refractivity contribution in [1.82, 2.24) is 4.90 Å². The Bertz CT molecular complexity index is 1400. The fourth-order valence-electron chi connectivity index (χ4n) is 5.29. The predicted octanol–water partition coefficient (Wildman–Crippen LogP) is 5.03. The number of anilines is 1. The number of Topliss-reactive ketones (excluding diaryl/α,β-unsaturated/α-hetero) is 1. The van der Waals surface area contributed by atoms with Gasteiger partial charge in [0.1, 0.15) is 0 Å². The number of benzene rings is 3. The van der Waals surface area contributed by atoms with Gasteiger partial charge in [-0.15, -0.1) is 0 Å². The lowest BCUT2D eigenvalue weighted by Crippen LogP contribution is -2.48. The molecular formula is C28H23ClF2N2O4. The Labute approximate surface area is 217 Å². The number of rotatable bonds is 4. The van der Waals surface area contributed by atoms with E-state index in [2.05, 4.69) is 0 Å². The maximum atomic E-state index is 14.2. The quantitative estimate of drug-likeness (QED) is 0.355. The van der Waals surface area contributed by atoms with Crippen LogP contribution in [0.4, 0.5) is 14.5 Å².